The molecule has 18 heavy (non-hydrogen) atoms. The lowest BCUT2D eigenvalue weighted by Gasteiger charge is -2.04. The van der Waals surface area contributed by atoms with E-state index in [2.05, 4.69) is 30.1 Å². The fourth-order valence-electron chi connectivity index (χ4n) is 1.07. The molecule has 10 nitrogen and oxygen atoms in total. The SMILES string of the molecule is CS(=O)(=O)NCCCNc1nonc1/C(N)=N\O. The number of anilines is 1. The molecule has 0 amide bonds. The Balaban J connectivity index is 2.39. The number of nitrogens with zero attached hydrogens (tertiary/aromatic N) is 3. The topological polar surface area (TPSA) is 156 Å². The highest BCUT2D eigenvalue weighted by molar-refractivity contribution is 7.88. The predicted octanol–water partition coefficient (Wildman–Crippen LogP) is -1.48. The number of sulfonamides is 1. The van der Waals surface area contributed by atoms with Crippen molar-refractivity contribution in [2.45, 2.75) is 6.42 Å². The molecule has 0 spiro atoms. The maximum absolute atomic E-state index is 10.8. The Kier molecular flexibility index (Phi) is 4.85. The summed E-state index contributed by atoms with van der Waals surface area (Å²) in [6.07, 6.45) is 1.61. The van der Waals surface area contributed by atoms with Gasteiger partial charge in [0.05, 0.1) is 6.26 Å². The van der Waals surface area contributed by atoms with Gasteiger partial charge in [-0.25, -0.2) is 17.8 Å². The minimum Gasteiger partial charge on any atom is -0.409 e. The fourth-order valence-corrected chi connectivity index (χ4v) is 1.59. The van der Waals surface area contributed by atoms with Gasteiger partial charge in [-0.3, -0.25) is 0 Å². The van der Waals surface area contributed by atoms with E-state index in [1.165, 1.54) is 0 Å². The van der Waals surface area contributed by atoms with Gasteiger partial charge in [-0.05, 0) is 16.7 Å². The van der Waals surface area contributed by atoms with Crippen LogP contribution in [0.15, 0.2) is 9.78 Å². The summed E-state index contributed by atoms with van der Waals surface area (Å²) in [5.41, 5.74) is 5.42. The van der Waals surface area contributed by atoms with Gasteiger partial charge in [-0.15, -0.1) is 0 Å². The average Bonchev–Trinajstić information content (AvgIpc) is 2.74. The third-order valence-electron chi connectivity index (χ3n) is 1.85. The average molecular weight is 278 g/mol. The number of hydrogen-bond donors (Lipinski definition) is 4. The zero-order valence-electron chi connectivity index (χ0n) is 9.62. The van der Waals surface area contributed by atoms with E-state index in [1.807, 2.05) is 0 Å². The van der Waals surface area contributed by atoms with Gasteiger partial charge in [0, 0.05) is 13.1 Å². The molecular formula is C7H14N6O4S. The monoisotopic (exact) mass is 278 g/mol. The molecule has 0 fully saturated rings. The number of oxime groups is 1. The van der Waals surface area contributed by atoms with Crippen molar-refractivity contribution in [1.29, 1.82) is 0 Å². The van der Waals surface area contributed by atoms with Gasteiger partial charge in [0.15, 0.2) is 11.5 Å². The van der Waals surface area contributed by atoms with E-state index in [-0.39, 0.29) is 23.9 Å². The van der Waals surface area contributed by atoms with Gasteiger partial charge in [-0.2, -0.15) is 0 Å². The van der Waals surface area contributed by atoms with Crippen LogP contribution in [-0.4, -0.2) is 49.1 Å². The van der Waals surface area contributed by atoms with Crippen molar-refractivity contribution >= 4 is 21.7 Å². The maximum Gasteiger partial charge on any atom is 0.208 e. The van der Waals surface area contributed by atoms with Crippen LogP contribution in [0, 0.1) is 0 Å². The van der Waals surface area contributed by atoms with E-state index in [0.717, 1.165) is 6.26 Å². The molecule has 1 heterocycles. The molecule has 0 aliphatic heterocycles. The standard InChI is InChI=1S/C7H14N6O4S/c1-18(15,16)10-4-2-3-9-7-5(6(8)11-14)12-17-13-7/h10,14H,2-4H2,1H3,(H2,8,11)(H,9,13). The highest BCUT2D eigenvalue weighted by atomic mass is 32.2. The Morgan fingerprint density at radius 3 is 2.83 bits per heavy atom. The van der Waals surface area contributed by atoms with Gasteiger partial charge >= 0.3 is 0 Å². The lowest BCUT2D eigenvalue weighted by molar-refractivity contribution is 0.304. The van der Waals surface area contributed by atoms with Crippen LogP contribution in [0.2, 0.25) is 0 Å². The summed E-state index contributed by atoms with van der Waals surface area (Å²) >= 11 is 0. The number of rotatable bonds is 7. The quantitative estimate of drug-likeness (QED) is 0.154. The molecule has 11 heteroatoms. The summed E-state index contributed by atoms with van der Waals surface area (Å²) in [6, 6.07) is 0. The number of hydrogen-bond acceptors (Lipinski definition) is 8. The maximum atomic E-state index is 10.8. The number of amidine groups is 1. The fraction of sp³-hybridized carbons (Fsp3) is 0.571. The van der Waals surface area contributed by atoms with Crippen LogP contribution < -0.4 is 15.8 Å². The van der Waals surface area contributed by atoms with E-state index < -0.39 is 10.0 Å². The second-order valence-electron chi connectivity index (χ2n) is 3.39. The van der Waals surface area contributed by atoms with Crippen LogP contribution in [0.25, 0.3) is 0 Å². The van der Waals surface area contributed by atoms with Gasteiger partial charge in [0.2, 0.25) is 15.8 Å². The molecule has 0 radical (unpaired) electrons. The molecule has 1 aromatic rings. The van der Waals surface area contributed by atoms with E-state index in [9.17, 15) is 8.42 Å². The van der Waals surface area contributed by atoms with Crippen molar-refractivity contribution in [3.8, 4) is 0 Å². The zero-order chi connectivity index (χ0) is 13.6. The molecule has 0 aliphatic rings. The van der Waals surface area contributed by atoms with Gasteiger partial charge < -0.3 is 16.3 Å². The lowest BCUT2D eigenvalue weighted by atomic mass is 10.3. The molecule has 5 N–H and O–H groups in total. The van der Waals surface area contributed by atoms with Crippen molar-refractivity contribution in [2.24, 2.45) is 10.9 Å². The summed E-state index contributed by atoms with van der Waals surface area (Å²) in [5, 5.41) is 21.0. The molecular weight excluding hydrogens is 264 g/mol. The third kappa shape index (κ3) is 4.55. The Labute approximate surface area is 103 Å². The molecule has 0 atom stereocenters. The Morgan fingerprint density at radius 1 is 1.50 bits per heavy atom. The molecule has 0 unspecified atom stereocenters. The Morgan fingerprint density at radius 2 is 2.22 bits per heavy atom. The van der Waals surface area contributed by atoms with Crippen molar-refractivity contribution in [3.05, 3.63) is 5.69 Å². The van der Waals surface area contributed by atoms with E-state index >= 15 is 0 Å². The Hall–Kier alpha value is -1.88. The van der Waals surface area contributed by atoms with Crippen LogP contribution in [0.1, 0.15) is 12.1 Å². The summed E-state index contributed by atoms with van der Waals surface area (Å²) < 4.78 is 28.3. The molecule has 0 saturated heterocycles. The first-order valence-corrected chi connectivity index (χ1v) is 6.82. The third-order valence-corrected chi connectivity index (χ3v) is 2.58. The lowest BCUT2D eigenvalue weighted by Crippen LogP contribution is -2.24. The molecule has 0 aromatic carbocycles. The normalized spacial score (nSPS) is 12.6. The molecule has 1 aromatic heterocycles. The summed E-state index contributed by atoms with van der Waals surface area (Å²) in [7, 11) is -3.18. The molecule has 0 saturated carbocycles. The second-order valence-corrected chi connectivity index (χ2v) is 5.23. The van der Waals surface area contributed by atoms with Crippen molar-refractivity contribution < 1.29 is 18.3 Å². The van der Waals surface area contributed by atoms with Crippen molar-refractivity contribution in [2.75, 3.05) is 24.7 Å². The number of nitrogens with two attached hydrogens (primary N) is 1. The summed E-state index contributed by atoms with van der Waals surface area (Å²) in [4.78, 5) is 0. The van der Waals surface area contributed by atoms with Gasteiger partial charge in [0.1, 0.15) is 0 Å². The van der Waals surface area contributed by atoms with Gasteiger partial charge in [-0.1, -0.05) is 5.16 Å². The molecule has 0 bridgehead atoms. The molecule has 1 rings (SSSR count). The first-order chi connectivity index (χ1) is 8.44. The minimum atomic E-state index is -3.18. The number of aromatic nitrogens is 2. The molecule has 102 valence electrons. The predicted molar refractivity (Wildman–Crippen MR) is 62.8 cm³/mol. The highest BCUT2D eigenvalue weighted by Gasteiger charge is 2.13. The van der Waals surface area contributed by atoms with E-state index in [1.54, 1.807) is 0 Å². The first-order valence-electron chi connectivity index (χ1n) is 4.93. The van der Waals surface area contributed by atoms with Gasteiger partial charge in [0.25, 0.3) is 0 Å². The van der Waals surface area contributed by atoms with Crippen LogP contribution in [-0.2, 0) is 10.0 Å². The molecule has 0 aliphatic carbocycles. The van der Waals surface area contributed by atoms with E-state index in [0.29, 0.717) is 13.0 Å². The first kappa shape index (κ1) is 14.2. The van der Waals surface area contributed by atoms with Crippen molar-refractivity contribution in [3.63, 3.8) is 0 Å². The second kappa shape index (κ2) is 6.16. The van der Waals surface area contributed by atoms with E-state index in [4.69, 9.17) is 10.9 Å². The Bertz CT molecular complexity index is 510. The van der Waals surface area contributed by atoms with Crippen molar-refractivity contribution in [1.82, 2.24) is 15.0 Å². The summed E-state index contributed by atoms with van der Waals surface area (Å²) in [5.74, 6) is -0.00216. The summed E-state index contributed by atoms with van der Waals surface area (Å²) in [6.45, 7) is 0.707. The van der Waals surface area contributed by atoms with Crippen LogP contribution >= 0.6 is 0 Å². The smallest absolute Gasteiger partial charge is 0.208 e. The van der Waals surface area contributed by atoms with Crippen LogP contribution in [0.3, 0.4) is 0 Å². The highest BCUT2D eigenvalue weighted by Crippen LogP contribution is 2.08. The van der Waals surface area contributed by atoms with Crippen LogP contribution in [0.4, 0.5) is 5.82 Å². The zero-order valence-corrected chi connectivity index (χ0v) is 10.4. The largest absolute Gasteiger partial charge is 0.409 e. The number of nitrogens with one attached hydrogen (secondary N) is 2. The van der Waals surface area contributed by atoms with Crippen LogP contribution in [0.5, 0.6) is 0 Å². The minimum absolute atomic E-state index is 0.0913.